The van der Waals surface area contributed by atoms with E-state index in [4.69, 9.17) is 11.6 Å². The van der Waals surface area contributed by atoms with Crippen LogP contribution in [0.2, 0.25) is 5.02 Å². The Morgan fingerprint density at radius 2 is 2.05 bits per heavy atom. The normalized spacial score (nSPS) is 10.8. The molecule has 2 aromatic rings. The van der Waals surface area contributed by atoms with Crippen molar-refractivity contribution in [2.24, 2.45) is 0 Å². The van der Waals surface area contributed by atoms with E-state index in [1.165, 1.54) is 0 Å². The molecule has 0 spiro atoms. The molecule has 1 aromatic heterocycles. The molecule has 20 heavy (non-hydrogen) atoms. The highest BCUT2D eigenvalue weighted by molar-refractivity contribution is 6.32. The molecule has 1 amide bonds. The maximum absolute atomic E-state index is 12.1. The lowest BCUT2D eigenvalue weighted by Gasteiger charge is -2.06. The highest BCUT2D eigenvalue weighted by Crippen LogP contribution is 2.16. The van der Waals surface area contributed by atoms with E-state index in [1.807, 2.05) is 13.8 Å². The van der Waals surface area contributed by atoms with Gasteiger partial charge in [0, 0.05) is 6.04 Å². The third-order valence-corrected chi connectivity index (χ3v) is 2.78. The summed E-state index contributed by atoms with van der Waals surface area (Å²) >= 11 is 6.00. The van der Waals surface area contributed by atoms with Crippen LogP contribution in [0.1, 0.15) is 13.8 Å². The fraction of sp³-hybridized carbons (Fsp3) is 0.333. The number of hydrogen-bond acceptors (Lipinski definition) is 4. The Kier molecular flexibility index (Phi) is 4.19. The molecule has 0 saturated heterocycles. The van der Waals surface area contributed by atoms with Gasteiger partial charge in [0.25, 0.3) is 0 Å². The minimum Gasteiger partial charge on any atom is -0.352 e. The van der Waals surface area contributed by atoms with Crippen LogP contribution in [-0.2, 0) is 11.3 Å². The number of carbonyl (C=O) groups is 1. The van der Waals surface area contributed by atoms with Crippen molar-refractivity contribution in [1.29, 1.82) is 0 Å². The van der Waals surface area contributed by atoms with Gasteiger partial charge >= 0.3 is 5.69 Å². The molecule has 1 N–H and O–H groups in total. The van der Waals surface area contributed by atoms with E-state index in [0.29, 0.717) is 10.7 Å². The fourth-order valence-corrected chi connectivity index (χ4v) is 1.87. The molecule has 0 bridgehead atoms. The molecule has 0 atom stereocenters. The van der Waals surface area contributed by atoms with Gasteiger partial charge in [-0.3, -0.25) is 4.79 Å². The summed E-state index contributed by atoms with van der Waals surface area (Å²) < 4.78 is 2.05. The minimum absolute atomic E-state index is 0.00295. The number of rotatable bonds is 4. The number of benzene rings is 1. The zero-order chi connectivity index (χ0) is 14.7. The Hall–Kier alpha value is -2.15. The van der Waals surface area contributed by atoms with Gasteiger partial charge in [0.15, 0.2) is 0 Å². The van der Waals surface area contributed by atoms with Crippen molar-refractivity contribution >= 4 is 17.5 Å². The molecule has 2 rings (SSSR count). The second-order valence-electron chi connectivity index (χ2n) is 4.50. The molecule has 0 saturated carbocycles. The number of amides is 1. The van der Waals surface area contributed by atoms with Crippen LogP contribution in [0.25, 0.3) is 5.69 Å². The van der Waals surface area contributed by atoms with Gasteiger partial charge in [0.05, 0.1) is 10.7 Å². The monoisotopic (exact) mass is 295 g/mol. The zero-order valence-electron chi connectivity index (χ0n) is 11.1. The third-order valence-electron chi connectivity index (χ3n) is 2.46. The second-order valence-corrected chi connectivity index (χ2v) is 4.91. The molecule has 1 aromatic carbocycles. The fourth-order valence-electron chi connectivity index (χ4n) is 1.65. The van der Waals surface area contributed by atoms with Crippen LogP contribution >= 0.6 is 11.6 Å². The van der Waals surface area contributed by atoms with Crippen molar-refractivity contribution in [2.75, 3.05) is 0 Å². The van der Waals surface area contributed by atoms with E-state index < -0.39 is 5.69 Å². The average molecular weight is 296 g/mol. The van der Waals surface area contributed by atoms with Crippen LogP contribution in [-0.4, -0.2) is 31.7 Å². The first-order chi connectivity index (χ1) is 9.49. The topological polar surface area (TPSA) is 81.8 Å². The van der Waals surface area contributed by atoms with Gasteiger partial charge in [-0.2, -0.15) is 9.36 Å². The summed E-state index contributed by atoms with van der Waals surface area (Å²) in [4.78, 5) is 23.7. The number of nitrogens with one attached hydrogen (secondary N) is 1. The van der Waals surface area contributed by atoms with Crippen molar-refractivity contribution < 1.29 is 4.79 Å². The smallest absolute Gasteiger partial charge is 0.352 e. The van der Waals surface area contributed by atoms with Crippen LogP contribution in [0.5, 0.6) is 0 Å². The van der Waals surface area contributed by atoms with Gasteiger partial charge in [-0.05, 0) is 36.4 Å². The van der Waals surface area contributed by atoms with Crippen LogP contribution in [0.3, 0.4) is 0 Å². The predicted molar refractivity (Wildman–Crippen MR) is 73.9 cm³/mol. The number of hydrogen-bond donors (Lipinski definition) is 1. The Balaban J connectivity index is 2.26. The molecular weight excluding hydrogens is 282 g/mol. The van der Waals surface area contributed by atoms with Crippen LogP contribution in [0.15, 0.2) is 29.1 Å². The van der Waals surface area contributed by atoms with Crippen LogP contribution in [0, 0.1) is 0 Å². The number of halogens is 1. The van der Waals surface area contributed by atoms with E-state index in [-0.39, 0.29) is 18.5 Å². The van der Waals surface area contributed by atoms with E-state index in [9.17, 15) is 9.59 Å². The third kappa shape index (κ3) is 3.05. The summed E-state index contributed by atoms with van der Waals surface area (Å²) in [5.41, 5.74) is -0.0910. The molecule has 0 aliphatic carbocycles. The molecule has 8 heteroatoms. The molecule has 0 radical (unpaired) electrons. The Morgan fingerprint density at radius 3 is 2.70 bits per heavy atom. The first-order valence-electron chi connectivity index (χ1n) is 6.06. The largest absolute Gasteiger partial charge is 0.369 e. The summed E-state index contributed by atoms with van der Waals surface area (Å²) in [5.74, 6) is -0.298. The van der Waals surface area contributed by atoms with Gasteiger partial charge in [-0.15, -0.1) is 0 Å². The van der Waals surface area contributed by atoms with Crippen molar-refractivity contribution in [3.05, 3.63) is 39.8 Å². The quantitative estimate of drug-likeness (QED) is 0.896. The molecule has 0 unspecified atom stereocenters. The zero-order valence-corrected chi connectivity index (χ0v) is 11.8. The van der Waals surface area contributed by atoms with Crippen LogP contribution < -0.4 is 11.0 Å². The van der Waals surface area contributed by atoms with Gasteiger partial charge in [0.2, 0.25) is 5.91 Å². The summed E-state index contributed by atoms with van der Waals surface area (Å²) in [7, 11) is 0. The second kappa shape index (κ2) is 5.87. The lowest BCUT2D eigenvalue weighted by Crippen LogP contribution is -2.36. The molecule has 106 valence electrons. The van der Waals surface area contributed by atoms with E-state index in [0.717, 1.165) is 9.36 Å². The lowest BCUT2D eigenvalue weighted by molar-refractivity contribution is -0.122. The maximum atomic E-state index is 12.1. The molecule has 0 aliphatic heterocycles. The molecule has 0 aliphatic rings. The highest BCUT2D eigenvalue weighted by Gasteiger charge is 2.14. The summed E-state index contributed by atoms with van der Waals surface area (Å²) in [6.07, 6.45) is 0. The average Bonchev–Trinajstić information content (AvgIpc) is 2.71. The molecule has 0 fully saturated rings. The van der Waals surface area contributed by atoms with E-state index in [1.54, 1.807) is 24.3 Å². The van der Waals surface area contributed by atoms with E-state index >= 15 is 0 Å². The number of aromatic nitrogens is 4. The molecular formula is C12H14ClN5O2. The molecule has 1 heterocycles. The first kappa shape index (κ1) is 14.3. The summed E-state index contributed by atoms with van der Waals surface area (Å²) in [6, 6.07) is 6.78. The minimum atomic E-state index is -0.517. The van der Waals surface area contributed by atoms with E-state index in [2.05, 4.69) is 15.7 Å². The van der Waals surface area contributed by atoms with Crippen molar-refractivity contribution in [3.8, 4) is 5.69 Å². The van der Waals surface area contributed by atoms with Gasteiger partial charge < -0.3 is 5.32 Å². The standard InChI is InChI=1S/C12H14ClN5O2/c1-8(2)14-11(19)7-17-12(20)18(16-15-17)10-6-4-3-5-9(10)13/h3-6,8H,7H2,1-2H3,(H,14,19). The number of tetrazole rings is 1. The number of nitrogens with zero attached hydrogens (tertiary/aromatic N) is 4. The summed E-state index contributed by atoms with van der Waals surface area (Å²) in [6.45, 7) is 3.49. The number of para-hydroxylation sites is 1. The van der Waals surface area contributed by atoms with Gasteiger partial charge in [-0.25, -0.2) is 4.79 Å². The molecule has 7 nitrogen and oxygen atoms in total. The predicted octanol–water partition coefficient (Wildman–Crippen LogP) is 0.607. The Morgan fingerprint density at radius 1 is 1.35 bits per heavy atom. The SMILES string of the molecule is CC(C)NC(=O)Cn1nnn(-c2ccccc2Cl)c1=O. The van der Waals surface area contributed by atoms with Gasteiger partial charge in [0.1, 0.15) is 6.54 Å². The highest BCUT2D eigenvalue weighted by atomic mass is 35.5. The van der Waals surface area contributed by atoms with Crippen LogP contribution in [0.4, 0.5) is 0 Å². The Labute approximate surface area is 120 Å². The Bertz CT molecular complexity index is 676. The summed E-state index contributed by atoms with van der Waals surface area (Å²) in [5, 5.41) is 10.5. The first-order valence-corrected chi connectivity index (χ1v) is 6.44. The number of carbonyl (C=O) groups excluding carboxylic acids is 1. The van der Waals surface area contributed by atoms with Gasteiger partial charge in [-0.1, -0.05) is 23.7 Å². The van der Waals surface area contributed by atoms with Crippen molar-refractivity contribution in [2.45, 2.75) is 26.4 Å². The van der Waals surface area contributed by atoms with Crippen molar-refractivity contribution in [1.82, 2.24) is 25.1 Å². The maximum Gasteiger partial charge on any atom is 0.369 e. The lowest BCUT2D eigenvalue weighted by atomic mass is 10.3. The van der Waals surface area contributed by atoms with Crippen molar-refractivity contribution in [3.63, 3.8) is 0 Å².